The number of anilines is 1. The molecule has 4 rings (SSSR count). The molecule has 0 spiro atoms. The quantitative estimate of drug-likeness (QED) is 0.174. The molecule has 1 unspecified atom stereocenters. The molecule has 50 heavy (non-hydrogen) atoms. The van der Waals surface area contributed by atoms with Gasteiger partial charge in [0.2, 0.25) is 0 Å². The van der Waals surface area contributed by atoms with E-state index in [9.17, 15) is 14.0 Å². The van der Waals surface area contributed by atoms with Crippen LogP contribution in [0.4, 0.5) is 14.9 Å². The van der Waals surface area contributed by atoms with Crippen molar-refractivity contribution in [2.75, 3.05) is 31.2 Å². The first-order valence-corrected chi connectivity index (χ1v) is 17.6. The summed E-state index contributed by atoms with van der Waals surface area (Å²) in [6.45, 7) is 15.8. The number of alkyl carbamates (subject to hydrolysis) is 1. The predicted octanol–water partition coefficient (Wildman–Crippen LogP) is 7.85. The first-order chi connectivity index (χ1) is 23.7. The van der Waals surface area contributed by atoms with Crippen molar-refractivity contribution in [2.45, 2.75) is 105 Å². The van der Waals surface area contributed by atoms with E-state index in [1.54, 1.807) is 16.8 Å². The second-order valence-corrected chi connectivity index (χ2v) is 14.1. The number of hydrogen-bond acceptors (Lipinski definition) is 8. The largest absolute Gasteiger partial charge is 0.444 e. The predicted molar refractivity (Wildman–Crippen MR) is 194 cm³/mol. The van der Waals surface area contributed by atoms with Crippen LogP contribution < -0.4 is 10.2 Å². The van der Waals surface area contributed by atoms with Crippen molar-refractivity contribution in [1.82, 2.24) is 15.1 Å². The molecule has 1 atom stereocenters. The number of benzene rings is 2. The van der Waals surface area contributed by atoms with Crippen LogP contribution in [0.25, 0.3) is 16.9 Å². The summed E-state index contributed by atoms with van der Waals surface area (Å²) in [5, 5.41) is 25.3. The number of halogens is 1. The van der Waals surface area contributed by atoms with Gasteiger partial charge < -0.3 is 24.8 Å². The summed E-state index contributed by atoms with van der Waals surface area (Å²) in [6, 6.07) is 15.9. The third-order valence-corrected chi connectivity index (χ3v) is 8.35. The summed E-state index contributed by atoms with van der Waals surface area (Å²) < 4.78 is 26.7. The van der Waals surface area contributed by atoms with Gasteiger partial charge in [-0.15, -0.1) is 0 Å². The summed E-state index contributed by atoms with van der Waals surface area (Å²) >= 11 is 0. The van der Waals surface area contributed by atoms with Gasteiger partial charge in [-0.2, -0.15) is 10.4 Å². The molecule has 11 heteroatoms. The molecule has 1 aliphatic heterocycles. The summed E-state index contributed by atoms with van der Waals surface area (Å²) in [7, 11) is 0. The zero-order valence-electron chi connectivity index (χ0n) is 30.7. The minimum atomic E-state index is -0.617. The Hall–Kier alpha value is -4.27. The monoisotopic (exact) mass is 691 g/mol. The topological polar surface area (TPSA) is 130 Å². The standard InChI is InChI=1S/C25H25FN4O3.C14H29NO2/c1-17(32)24-15-25(18-2-3-19(16-27)23(26)14-18)30(28-24)21-6-4-20(5-7-21)29-10-8-22(9-11-29)33-13-12-31;1-7-12(10-8-9-11(2)3)15-13(16)17-14(4,5)6/h2-7,14-15,22,31H,8-13H2,1H3;11-12H,7-10H2,1-6H3,(H,15,16). The number of rotatable bonds is 13. The van der Waals surface area contributed by atoms with E-state index < -0.39 is 11.4 Å². The third kappa shape index (κ3) is 12.6. The van der Waals surface area contributed by atoms with E-state index in [-0.39, 0.29) is 41.9 Å². The van der Waals surface area contributed by atoms with Gasteiger partial charge in [0.05, 0.1) is 36.3 Å². The number of carbonyl (C=O) groups is 2. The Kier molecular flexibility index (Phi) is 15.4. The number of amides is 1. The number of hydrogen-bond donors (Lipinski definition) is 2. The smallest absolute Gasteiger partial charge is 0.407 e. The number of aromatic nitrogens is 2. The molecular weight excluding hydrogens is 637 g/mol. The van der Waals surface area contributed by atoms with Crippen molar-refractivity contribution in [3.8, 4) is 23.0 Å². The number of piperidine rings is 1. The molecule has 272 valence electrons. The van der Waals surface area contributed by atoms with E-state index in [2.05, 4.69) is 36.1 Å². The maximum Gasteiger partial charge on any atom is 0.407 e. The molecule has 0 radical (unpaired) electrons. The lowest BCUT2D eigenvalue weighted by atomic mass is 10.0. The maximum absolute atomic E-state index is 14.2. The molecule has 0 bridgehead atoms. The van der Waals surface area contributed by atoms with Gasteiger partial charge in [-0.05, 0) is 94.8 Å². The summed E-state index contributed by atoms with van der Waals surface area (Å²) in [5.74, 6) is -0.0742. The van der Waals surface area contributed by atoms with Crippen LogP contribution >= 0.6 is 0 Å². The number of ketones is 1. The van der Waals surface area contributed by atoms with Gasteiger partial charge >= 0.3 is 6.09 Å². The number of aliphatic hydroxyl groups excluding tert-OH is 1. The molecule has 1 aliphatic rings. The number of nitriles is 1. The van der Waals surface area contributed by atoms with Crippen molar-refractivity contribution in [3.05, 3.63) is 65.6 Å². The first kappa shape index (κ1) is 40.2. The highest BCUT2D eigenvalue weighted by atomic mass is 19.1. The first-order valence-electron chi connectivity index (χ1n) is 17.6. The number of Topliss-reactive ketones (excluding diaryl/α,β-unsaturated/α-hetero) is 1. The molecule has 1 aromatic heterocycles. The minimum Gasteiger partial charge on any atom is -0.444 e. The number of nitrogens with one attached hydrogen (secondary N) is 1. The van der Waals surface area contributed by atoms with Crippen molar-refractivity contribution in [2.24, 2.45) is 5.92 Å². The van der Waals surface area contributed by atoms with E-state index in [0.717, 1.165) is 62.5 Å². The Labute approximate surface area is 296 Å². The van der Waals surface area contributed by atoms with Crippen LogP contribution in [0.1, 0.15) is 103 Å². The average molecular weight is 692 g/mol. The van der Waals surface area contributed by atoms with Gasteiger partial charge in [-0.3, -0.25) is 4.79 Å². The lowest BCUT2D eigenvalue weighted by Crippen LogP contribution is -2.38. The third-order valence-electron chi connectivity index (χ3n) is 8.35. The zero-order chi connectivity index (χ0) is 36.8. The van der Waals surface area contributed by atoms with Crippen LogP contribution in [0.2, 0.25) is 0 Å². The number of aliphatic hydroxyl groups is 1. The van der Waals surface area contributed by atoms with E-state index in [0.29, 0.717) is 17.9 Å². The van der Waals surface area contributed by atoms with Crippen molar-refractivity contribution in [3.63, 3.8) is 0 Å². The van der Waals surface area contributed by atoms with Crippen molar-refractivity contribution in [1.29, 1.82) is 5.26 Å². The van der Waals surface area contributed by atoms with Crippen LogP contribution in [0, 0.1) is 23.1 Å². The molecule has 3 aromatic rings. The fourth-order valence-electron chi connectivity index (χ4n) is 5.65. The molecule has 1 saturated heterocycles. The summed E-state index contributed by atoms with van der Waals surface area (Å²) in [6.07, 6.45) is 6.05. The van der Waals surface area contributed by atoms with Crippen LogP contribution in [-0.4, -0.2) is 70.8 Å². The molecule has 2 aromatic carbocycles. The van der Waals surface area contributed by atoms with E-state index >= 15 is 0 Å². The molecule has 1 amide bonds. The van der Waals surface area contributed by atoms with Crippen LogP contribution in [-0.2, 0) is 9.47 Å². The van der Waals surface area contributed by atoms with E-state index in [4.69, 9.17) is 19.8 Å². The molecule has 0 aliphatic carbocycles. The van der Waals surface area contributed by atoms with E-state index in [1.807, 2.05) is 51.1 Å². The van der Waals surface area contributed by atoms with Crippen molar-refractivity contribution < 1.29 is 28.6 Å². The highest BCUT2D eigenvalue weighted by molar-refractivity contribution is 5.93. The fourth-order valence-corrected chi connectivity index (χ4v) is 5.65. The highest BCUT2D eigenvalue weighted by Gasteiger charge is 2.21. The Morgan fingerprint density at radius 1 is 1.08 bits per heavy atom. The Bertz CT molecular complexity index is 1570. The molecule has 0 saturated carbocycles. The average Bonchev–Trinajstić information content (AvgIpc) is 3.53. The van der Waals surface area contributed by atoms with E-state index in [1.165, 1.54) is 25.5 Å². The molecular formula is C39H54FN5O5. The summed E-state index contributed by atoms with van der Waals surface area (Å²) in [4.78, 5) is 25.8. The number of carbonyl (C=O) groups excluding carboxylic acids is 2. The van der Waals surface area contributed by atoms with Crippen molar-refractivity contribution >= 4 is 17.6 Å². The molecule has 2 heterocycles. The SMILES string of the molecule is CC(=O)c1cc(-c2ccc(C#N)c(F)c2)n(-c2ccc(N3CCC(OCCO)CC3)cc2)n1.CCC(CCCC(C)C)NC(=O)OC(C)(C)C. The maximum atomic E-state index is 14.2. The van der Waals surface area contributed by atoms with Gasteiger partial charge in [0.1, 0.15) is 23.2 Å². The van der Waals surface area contributed by atoms with Gasteiger partial charge in [0, 0.05) is 37.3 Å². The zero-order valence-corrected chi connectivity index (χ0v) is 30.7. The lowest BCUT2D eigenvalue weighted by molar-refractivity contribution is 0.0159. The van der Waals surface area contributed by atoms with Gasteiger partial charge in [0.15, 0.2) is 5.78 Å². The number of nitrogens with zero attached hydrogens (tertiary/aromatic N) is 4. The Morgan fingerprint density at radius 2 is 1.74 bits per heavy atom. The summed E-state index contributed by atoms with van der Waals surface area (Å²) in [5.41, 5.74) is 2.74. The van der Waals surface area contributed by atoms with Gasteiger partial charge in [0.25, 0.3) is 0 Å². The Balaban J connectivity index is 0.000000338. The van der Waals surface area contributed by atoms with Crippen LogP contribution in [0.15, 0.2) is 48.5 Å². The minimum absolute atomic E-state index is 0.0357. The molecule has 2 N–H and O–H groups in total. The Morgan fingerprint density at radius 3 is 2.28 bits per heavy atom. The van der Waals surface area contributed by atoms with Crippen LogP contribution in [0.3, 0.4) is 0 Å². The number of ether oxygens (including phenoxy) is 2. The van der Waals surface area contributed by atoms with Gasteiger partial charge in [-0.1, -0.05) is 39.7 Å². The second-order valence-electron chi connectivity index (χ2n) is 14.1. The lowest BCUT2D eigenvalue weighted by Gasteiger charge is -2.33. The highest BCUT2D eigenvalue weighted by Crippen LogP contribution is 2.28. The normalized spacial score (nSPS) is 14.1. The second kappa shape index (κ2) is 19.2. The van der Waals surface area contributed by atoms with Crippen LogP contribution in [0.5, 0.6) is 0 Å². The molecule has 1 fully saturated rings. The molecule has 10 nitrogen and oxygen atoms in total. The van der Waals surface area contributed by atoms with Gasteiger partial charge in [-0.25, -0.2) is 13.9 Å². The fraction of sp³-hybridized carbons (Fsp3) is 0.538.